The van der Waals surface area contributed by atoms with E-state index in [1.807, 2.05) is 12.1 Å². The summed E-state index contributed by atoms with van der Waals surface area (Å²) >= 11 is 0. The summed E-state index contributed by atoms with van der Waals surface area (Å²) in [6.07, 6.45) is 2.34. The van der Waals surface area contributed by atoms with Gasteiger partial charge in [0.05, 0.1) is 0 Å². The molecule has 0 bridgehead atoms. The first-order valence-corrected chi connectivity index (χ1v) is 6.82. The minimum atomic E-state index is -0.696. The molecule has 104 valence electrons. The summed E-state index contributed by atoms with van der Waals surface area (Å²) < 4.78 is 0. The van der Waals surface area contributed by atoms with Crippen molar-refractivity contribution in [1.82, 2.24) is 4.98 Å². The summed E-state index contributed by atoms with van der Waals surface area (Å²) in [7, 11) is 0. The highest BCUT2D eigenvalue weighted by atomic mass is 16.2. The summed E-state index contributed by atoms with van der Waals surface area (Å²) in [5.74, 6) is -0.133. The standard InChI is InChI=1S/C16H18N2O2/c1-16(2)7-11(8-16)9-3-4-10-5-12(14(17)19)15(20)18-13(10)6-9/h3-6,11H,7-8H2,1-2H3,(H2,17,19)(H,18,20). The van der Waals surface area contributed by atoms with E-state index in [9.17, 15) is 9.59 Å². The molecule has 4 nitrogen and oxygen atoms in total. The van der Waals surface area contributed by atoms with Gasteiger partial charge in [-0.3, -0.25) is 9.59 Å². The van der Waals surface area contributed by atoms with Crippen LogP contribution >= 0.6 is 0 Å². The molecule has 1 aromatic carbocycles. The van der Waals surface area contributed by atoms with Crippen molar-refractivity contribution in [2.75, 3.05) is 0 Å². The third-order valence-corrected chi connectivity index (χ3v) is 4.20. The van der Waals surface area contributed by atoms with Crippen LogP contribution < -0.4 is 11.3 Å². The molecule has 0 unspecified atom stereocenters. The fourth-order valence-electron chi connectivity index (χ4n) is 3.17. The number of carbonyl (C=O) groups is 1. The highest BCUT2D eigenvalue weighted by Gasteiger charge is 2.36. The van der Waals surface area contributed by atoms with Gasteiger partial charge in [-0.15, -0.1) is 0 Å². The Morgan fingerprint density at radius 1 is 1.30 bits per heavy atom. The molecule has 3 rings (SSSR count). The molecule has 1 fully saturated rings. The van der Waals surface area contributed by atoms with Crippen molar-refractivity contribution in [2.24, 2.45) is 11.1 Å². The van der Waals surface area contributed by atoms with Gasteiger partial charge in [-0.2, -0.15) is 0 Å². The molecule has 4 heteroatoms. The second-order valence-corrected chi connectivity index (χ2v) is 6.49. The summed E-state index contributed by atoms with van der Waals surface area (Å²) in [5, 5.41) is 0.834. The van der Waals surface area contributed by atoms with Crippen LogP contribution in [0.1, 0.15) is 48.5 Å². The lowest BCUT2D eigenvalue weighted by Crippen LogP contribution is -2.29. The van der Waals surface area contributed by atoms with E-state index in [0.29, 0.717) is 11.3 Å². The van der Waals surface area contributed by atoms with Crippen molar-refractivity contribution in [3.63, 3.8) is 0 Å². The molecule has 0 atom stereocenters. The van der Waals surface area contributed by atoms with Gasteiger partial charge in [0.1, 0.15) is 5.56 Å². The zero-order valence-corrected chi connectivity index (χ0v) is 11.7. The monoisotopic (exact) mass is 270 g/mol. The van der Waals surface area contributed by atoms with Gasteiger partial charge in [0.25, 0.3) is 11.5 Å². The Labute approximate surface area is 117 Å². The smallest absolute Gasteiger partial charge is 0.261 e. The fraction of sp³-hybridized carbons (Fsp3) is 0.375. The second-order valence-electron chi connectivity index (χ2n) is 6.49. The van der Waals surface area contributed by atoms with E-state index in [1.165, 1.54) is 18.4 Å². The van der Waals surface area contributed by atoms with Gasteiger partial charge in [0, 0.05) is 5.52 Å². The zero-order valence-electron chi connectivity index (χ0n) is 11.7. The molecule has 1 heterocycles. The molecule has 3 N–H and O–H groups in total. The van der Waals surface area contributed by atoms with Crippen molar-refractivity contribution >= 4 is 16.8 Å². The number of aromatic amines is 1. The minimum absolute atomic E-state index is 0.00928. The van der Waals surface area contributed by atoms with Gasteiger partial charge in [-0.1, -0.05) is 26.0 Å². The number of aromatic nitrogens is 1. The number of nitrogens with two attached hydrogens (primary N) is 1. The molecule has 0 aliphatic heterocycles. The molecule has 1 aromatic heterocycles. The number of carbonyl (C=O) groups excluding carboxylic acids is 1. The van der Waals surface area contributed by atoms with E-state index in [2.05, 4.69) is 24.9 Å². The Balaban J connectivity index is 2.02. The van der Waals surface area contributed by atoms with Crippen LogP contribution in [0.15, 0.2) is 29.1 Å². The quantitative estimate of drug-likeness (QED) is 0.879. The number of H-pyrrole nitrogens is 1. The minimum Gasteiger partial charge on any atom is -0.365 e. The molecule has 1 saturated carbocycles. The summed E-state index contributed by atoms with van der Waals surface area (Å²) in [6.45, 7) is 4.54. The zero-order chi connectivity index (χ0) is 14.5. The van der Waals surface area contributed by atoms with Gasteiger partial charge >= 0.3 is 0 Å². The molecule has 2 aromatic rings. The lowest BCUT2D eigenvalue weighted by Gasteiger charge is -2.43. The average molecular weight is 270 g/mol. The predicted molar refractivity (Wildman–Crippen MR) is 78.8 cm³/mol. The molecule has 0 spiro atoms. The first-order valence-electron chi connectivity index (χ1n) is 6.82. The van der Waals surface area contributed by atoms with Crippen LogP contribution in [0.5, 0.6) is 0 Å². The number of nitrogens with one attached hydrogen (secondary N) is 1. The van der Waals surface area contributed by atoms with Crippen LogP contribution in [-0.2, 0) is 0 Å². The summed E-state index contributed by atoms with van der Waals surface area (Å²) in [6, 6.07) is 7.59. The molecule has 1 amide bonds. The summed E-state index contributed by atoms with van der Waals surface area (Å²) in [4.78, 5) is 25.7. The largest absolute Gasteiger partial charge is 0.365 e. The van der Waals surface area contributed by atoms with Crippen LogP contribution in [-0.4, -0.2) is 10.9 Å². The molecule has 1 aliphatic carbocycles. The van der Waals surface area contributed by atoms with Crippen LogP contribution in [0.25, 0.3) is 10.9 Å². The number of pyridine rings is 1. The van der Waals surface area contributed by atoms with Crippen LogP contribution in [0.2, 0.25) is 0 Å². The van der Waals surface area contributed by atoms with E-state index in [1.54, 1.807) is 6.07 Å². The topological polar surface area (TPSA) is 76.0 Å². The molecular weight excluding hydrogens is 252 g/mol. The predicted octanol–water partition coefficient (Wildman–Crippen LogP) is 2.53. The first kappa shape index (κ1) is 12.9. The van der Waals surface area contributed by atoms with Gasteiger partial charge in [0.2, 0.25) is 0 Å². The lowest BCUT2D eigenvalue weighted by molar-refractivity contribution is 0.0999. The third kappa shape index (κ3) is 2.11. The molecule has 20 heavy (non-hydrogen) atoms. The van der Waals surface area contributed by atoms with Crippen molar-refractivity contribution in [2.45, 2.75) is 32.6 Å². The van der Waals surface area contributed by atoms with Crippen LogP contribution in [0, 0.1) is 5.41 Å². The van der Waals surface area contributed by atoms with Gasteiger partial charge in [-0.25, -0.2) is 0 Å². The number of hydrogen-bond acceptors (Lipinski definition) is 2. The Bertz CT molecular complexity index is 751. The number of hydrogen-bond donors (Lipinski definition) is 2. The Hall–Kier alpha value is -2.10. The number of fused-ring (bicyclic) bond motifs is 1. The van der Waals surface area contributed by atoms with Crippen molar-refractivity contribution < 1.29 is 4.79 Å². The van der Waals surface area contributed by atoms with E-state index < -0.39 is 11.5 Å². The molecule has 0 saturated heterocycles. The fourth-order valence-corrected chi connectivity index (χ4v) is 3.17. The van der Waals surface area contributed by atoms with Gasteiger partial charge in [-0.05, 0) is 47.3 Å². The Kier molecular flexibility index (Phi) is 2.71. The van der Waals surface area contributed by atoms with E-state index in [4.69, 9.17) is 5.73 Å². The van der Waals surface area contributed by atoms with E-state index >= 15 is 0 Å². The maximum Gasteiger partial charge on any atom is 0.261 e. The van der Waals surface area contributed by atoms with Crippen LogP contribution in [0.3, 0.4) is 0 Å². The van der Waals surface area contributed by atoms with E-state index in [0.717, 1.165) is 10.9 Å². The number of amides is 1. The SMILES string of the molecule is CC1(C)CC(c2ccc3cc(C(N)=O)c(=O)[nH]c3c2)C1. The normalized spacial score (nSPS) is 17.9. The highest BCUT2D eigenvalue weighted by Crippen LogP contribution is 2.50. The van der Waals surface area contributed by atoms with Gasteiger partial charge in [0.15, 0.2) is 0 Å². The van der Waals surface area contributed by atoms with Crippen molar-refractivity contribution in [1.29, 1.82) is 0 Å². The first-order chi connectivity index (χ1) is 9.35. The number of primary amides is 1. The number of rotatable bonds is 2. The number of benzene rings is 1. The maximum absolute atomic E-state index is 11.8. The maximum atomic E-state index is 11.8. The van der Waals surface area contributed by atoms with Crippen LogP contribution in [0.4, 0.5) is 0 Å². The molecule has 1 aliphatic rings. The van der Waals surface area contributed by atoms with E-state index in [-0.39, 0.29) is 5.56 Å². The third-order valence-electron chi connectivity index (χ3n) is 4.20. The van der Waals surface area contributed by atoms with Crippen molar-refractivity contribution in [3.05, 3.63) is 45.7 Å². The summed E-state index contributed by atoms with van der Waals surface area (Å²) in [5.41, 5.74) is 7.21. The average Bonchev–Trinajstić information content (AvgIpc) is 2.34. The lowest BCUT2D eigenvalue weighted by atomic mass is 9.62. The Morgan fingerprint density at radius 3 is 2.60 bits per heavy atom. The Morgan fingerprint density at radius 2 is 2.00 bits per heavy atom. The second kappa shape index (κ2) is 4.20. The molecule has 0 radical (unpaired) electrons. The molecular formula is C16H18N2O2. The van der Waals surface area contributed by atoms with Crippen molar-refractivity contribution in [3.8, 4) is 0 Å². The van der Waals surface area contributed by atoms with Gasteiger partial charge < -0.3 is 10.7 Å². The highest BCUT2D eigenvalue weighted by molar-refractivity contribution is 5.96.